The van der Waals surface area contributed by atoms with E-state index in [-0.39, 0.29) is 0 Å². The molecule has 2 nitrogen and oxygen atoms in total. The summed E-state index contributed by atoms with van der Waals surface area (Å²) in [6.45, 7) is 1.71. The van der Waals surface area contributed by atoms with Gasteiger partial charge in [0.2, 0.25) is 5.91 Å². The number of carbonyl (C=O) groups is 1. The summed E-state index contributed by atoms with van der Waals surface area (Å²) in [4.78, 5) is 11.3. The van der Waals surface area contributed by atoms with Crippen molar-refractivity contribution < 1.29 is 18.0 Å². The number of aryl methyl sites for hydroxylation is 1. The largest absolute Gasteiger partial charge is 0.389 e. The van der Waals surface area contributed by atoms with E-state index in [4.69, 9.17) is 11.6 Å². The van der Waals surface area contributed by atoms with Gasteiger partial charge in [-0.2, -0.15) is 13.2 Å². The van der Waals surface area contributed by atoms with E-state index in [1.54, 1.807) is 25.1 Å². The maximum atomic E-state index is 11.9. The number of para-hydroxylation sites is 1. The predicted molar refractivity (Wildman–Crippen MR) is 60.1 cm³/mol. The van der Waals surface area contributed by atoms with E-state index >= 15 is 0 Å². The number of hydrogen-bond acceptors (Lipinski definition) is 1. The molecular weight excluding hydrogens is 255 g/mol. The highest BCUT2D eigenvalue weighted by Gasteiger charge is 2.28. The molecule has 0 aromatic heterocycles. The Labute approximate surface area is 102 Å². The van der Waals surface area contributed by atoms with Crippen molar-refractivity contribution in [1.29, 1.82) is 0 Å². The monoisotopic (exact) mass is 265 g/mol. The van der Waals surface area contributed by atoms with Crippen LogP contribution in [0.2, 0.25) is 5.02 Å². The zero-order valence-electron chi connectivity index (χ0n) is 9.07. The Kier molecular flexibility index (Phi) is 4.40. The number of halogens is 4. The minimum absolute atomic E-state index is 0.311. The van der Waals surface area contributed by atoms with E-state index < -0.39 is 24.9 Å². The van der Waals surface area contributed by atoms with Gasteiger partial charge in [-0.25, -0.2) is 0 Å². The molecule has 94 valence electrons. The highest BCUT2D eigenvalue weighted by molar-refractivity contribution is 6.33. The Morgan fingerprint density at radius 1 is 1.41 bits per heavy atom. The fourth-order valence-electron chi connectivity index (χ4n) is 1.25. The lowest BCUT2D eigenvalue weighted by molar-refractivity contribution is -0.142. The molecule has 17 heavy (non-hydrogen) atoms. The second-order valence-corrected chi connectivity index (χ2v) is 4.00. The number of anilines is 1. The number of hydrogen-bond donors (Lipinski definition) is 1. The van der Waals surface area contributed by atoms with Crippen molar-refractivity contribution in [2.45, 2.75) is 25.9 Å². The first-order valence-electron chi connectivity index (χ1n) is 4.91. The highest BCUT2D eigenvalue weighted by Crippen LogP contribution is 2.26. The molecule has 1 aromatic rings. The van der Waals surface area contributed by atoms with Gasteiger partial charge in [-0.05, 0) is 18.6 Å². The maximum absolute atomic E-state index is 11.9. The second kappa shape index (κ2) is 5.40. The van der Waals surface area contributed by atoms with Crippen molar-refractivity contribution >= 4 is 23.2 Å². The van der Waals surface area contributed by atoms with Gasteiger partial charge in [-0.15, -0.1) is 0 Å². The smallest absolute Gasteiger partial charge is 0.325 e. The van der Waals surface area contributed by atoms with Gasteiger partial charge in [0.1, 0.15) is 0 Å². The fourth-order valence-corrected chi connectivity index (χ4v) is 1.52. The summed E-state index contributed by atoms with van der Waals surface area (Å²) in [7, 11) is 0. The predicted octanol–water partition coefficient (Wildman–Crippen LogP) is 3.93. The fraction of sp³-hybridized carbons (Fsp3) is 0.364. The third kappa shape index (κ3) is 4.65. The standard InChI is InChI=1S/C11H11ClF3NO/c1-7-3-2-4-8(12)10(7)16-9(17)5-6-11(13,14)15/h2-4H,5-6H2,1H3,(H,16,17). The highest BCUT2D eigenvalue weighted by atomic mass is 35.5. The molecule has 0 aliphatic heterocycles. The van der Waals surface area contributed by atoms with Crippen LogP contribution in [0.3, 0.4) is 0 Å². The van der Waals surface area contributed by atoms with Crippen LogP contribution in [0.15, 0.2) is 18.2 Å². The first kappa shape index (κ1) is 13.8. The topological polar surface area (TPSA) is 29.1 Å². The third-order valence-electron chi connectivity index (χ3n) is 2.12. The van der Waals surface area contributed by atoms with Crippen LogP contribution >= 0.6 is 11.6 Å². The zero-order valence-corrected chi connectivity index (χ0v) is 9.82. The number of rotatable bonds is 3. The Morgan fingerprint density at radius 3 is 2.59 bits per heavy atom. The summed E-state index contributed by atoms with van der Waals surface area (Å²) in [5, 5.41) is 2.69. The molecule has 1 N–H and O–H groups in total. The number of benzene rings is 1. The minimum atomic E-state index is -4.33. The summed E-state index contributed by atoms with van der Waals surface area (Å²) < 4.78 is 35.7. The lowest BCUT2D eigenvalue weighted by Gasteiger charge is -2.11. The van der Waals surface area contributed by atoms with Gasteiger partial charge >= 0.3 is 6.18 Å². The first-order chi connectivity index (χ1) is 7.79. The average molecular weight is 266 g/mol. The molecule has 1 rings (SSSR count). The minimum Gasteiger partial charge on any atom is -0.325 e. The summed E-state index contributed by atoms with van der Waals surface area (Å²) in [6.07, 6.45) is -6.07. The normalized spacial score (nSPS) is 11.4. The lowest BCUT2D eigenvalue weighted by atomic mass is 10.2. The Bertz CT molecular complexity index is 397. The van der Waals surface area contributed by atoms with Gasteiger partial charge in [0, 0.05) is 6.42 Å². The van der Waals surface area contributed by atoms with Crippen molar-refractivity contribution in [3.63, 3.8) is 0 Å². The molecule has 0 radical (unpaired) electrons. The molecule has 1 aromatic carbocycles. The molecular formula is C11H11ClF3NO. The molecule has 0 aliphatic rings. The van der Waals surface area contributed by atoms with Crippen LogP contribution in [-0.2, 0) is 4.79 Å². The van der Waals surface area contributed by atoms with Crippen LogP contribution < -0.4 is 5.32 Å². The van der Waals surface area contributed by atoms with Gasteiger partial charge in [0.15, 0.2) is 0 Å². The SMILES string of the molecule is Cc1cccc(Cl)c1NC(=O)CCC(F)(F)F. The van der Waals surface area contributed by atoms with E-state index in [0.29, 0.717) is 16.3 Å². The van der Waals surface area contributed by atoms with E-state index in [1.807, 2.05) is 0 Å². The summed E-state index contributed by atoms with van der Waals surface area (Å²) in [5.41, 5.74) is 1.07. The number of amides is 1. The van der Waals surface area contributed by atoms with Crippen LogP contribution in [0.4, 0.5) is 18.9 Å². The van der Waals surface area contributed by atoms with Gasteiger partial charge in [0.05, 0.1) is 17.1 Å². The van der Waals surface area contributed by atoms with Crippen molar-refractivity contribution in [2.75, 3.05) is 5.32 Å². The molecule has 0 heterocycles. The summed E-state index contributed by atoms with van der Waals surface area (Å²) in [5.74, 6) is -0.696. The van der Waals surface area contributed by atoms with E-state index in [9.17, 15) is 18.0 Å². The van der Waals surface area contributed by atoms with Gasteiger partial charge in [-0.3, -0.25) is 4.79 Å². The van der Waals surface area contributed by atoms with Crippen molar-refractivity contribution in [3.05, 3.63) is 28.8 Å². The Balaban J connectivity index is 2.63. The zero-order chi connectivity index (χ0) is 13.1. The van der Waals surface area contributed by atoms with E-state index in [1.165, 1.54) is 0 Å². The Morgan fingerprint density at radius 2 is 2.06 bits per heavy atom. The summed E-state index contributed by atoms with van der Waals surface area (Å²) >= 11 is 5.83. The molecule has 0 bridgehead atoms. The van der Waals surface area contributed by atoms with Gasteiger partial charge in [0.25, 0.3) is 0 Å². The van der Waals surface area contributed by atoms with Crippen molar-refractivity contribution in [1.82, 2.24) is 0 Å². The van der Waals surface area contributed by atoms with Crippen LogP contribution in [0.1, 0.15) is 18.4 Å². The van der Waals surface area contributed by atoms with Crippen LogP contribution in [0.5, 0.6) is 0 Å². The van der Waals surface area contributed by atoms with Crippen LogP contribution in [0, 0.1) is 6.92 Å². The average Bonchev–Trinajstić information content (AvgIpc) is 2.20. The molecule has 0 saturated heterocycles. The van der Waals surface area contributed by atoms with Crippen molar-refractivity contribution in [2.24, 2.45) is 0 Å². The number of alkyl halides is 3. The molecule has 0 spiro atoms. The van der Waals surface area contributed by atoms with Gasteiger partial charge in [-0.1, -0.05) is 23.7 Å². The van der Waals surface area contributed by atoms with Gasteiger partial charge < -0.3 is 5.32 Å². The van der Waals surface area contributed by atoms with Crippen LogP contribution in [-0.4, -0.2) is 12.1 Å². The quantitative estimate of drug-likeness (QED) is 0.881. The molecule has 0 aliphatic carbocycles. The molecule has 6 heteroatoms. The molecule has 0 unspecified atom stereocenters. The lowest BCUT2D eigenvalue weighted by Crippen LogP contribution is -2.17. The van der Waals surface area contributed by atoms with E-state index in [0.717, 1.165) is 0 Å². The van der Waals surface area contributed by atoms with Crippen LogP contribution in [0.25, 0.3) is 0 Å². The van der Waals surface area contributed by atoms with Crippen molar-refractivity contribution in [3.8, 4) is 0 Å². The Hall–Kier alpha value is -1.23. The van der Waals surface area contributed by atoms with E-state index in [2.05, 4.69) is 5.32 Å². The molecule has 0 atom stereocenters. The molecule has 0 fully saturated rings. The maximum Gasteiger partial charge on any atom is 0.389 e. The first-order valence-corrected chi connectivity index (χ1v) is 5.29. The second-order valence-electron chi connectivity index (χ2n) is 3.60. The third-order valence-corrected chi connectivity index (χ3v) is 2.44. The number of nitrogens with one attached hydrogen (secondary N) is 1. The molecule has 1 amide bonds. The summed E-state index contributed by atoms with van der Waals surface area (Å²) in [6, 6.07) is 4.97. The number of carbonyl (C=O) groups excluding carboxylic acids is 1. The molecule has 0 saturated carbocycles.